The van der Waals surface area contributed by atoms with Crippen LogP contribution in [0, 0.1) is 0 Å². The molecule has 3 rings (SSSR count). The number of carbonyl (C=O) groups is 1. The minimum Gasteiger partial charge on any atom is -0.325 e. The average Bonchev–Trinajstić information content (AvgIpc) is 3.11. The van der Waals surface area contributed by atoms with Crippen molar-refractivity contribution >= 4 is 22.9 Å². The van der Waals surface area contributed by atoms with Gasteiger partial charge in [0.15, 0.2) is 0 Å². The van der Waals surface area contributed by atoms with E-state index in [2.05, 4.69) is 39.6 Å². The van der Waals surface area contributed by atoms with Crippen LogP contribution < -0.4 is 5.32 Å². The zero-order chi connectivity index (χ0) is 15.9. The van der Waals surface area contributed by atoms with Crippen LogP contribution in [0.2, 0.25) is 0 Å². The number of benzene rings is 1. The van der Waals surface area contributed by atoms with Gasteiger partial charge in [0, 0.05) is 23.6 Å². The molecule has 0 aliphatic rings. The Hall–Kier alpha value is -2.53. The second kappa shape index (κ2) is 7.65. The second-order valence-corrected chi connectivity index (χ2v) is 5.93. The number of thiazole rings is 1. The van der Waals surface area contributed by atoms with E-state index in [0.29, 0.717) is 6.42 Å². The fraction of sp³-hybridized carbons (Fsp3) is 0.167. The first kappa shape index (κ1) is 15.4. The van der Waals surface area contributed by atoms with Crippen LogP contribution in [0.5, 0.6) is 0 Å². The van der Waals surface area contributed by atoms with Gasteiger partial charge in [-0.15, -0.1) is 11.3 Å². The zero-order valence-corrected chi connectivity index (χ0v) is 13.4. The molecule has 1 aromatic carbocycles. The van der Waals surface area contributed by atoms with Crippen molar-refractivity contribution in [2.45, 2.75) is 19.3 Å². The minimum absolute atomic E-state index is 0.0251. The largest absolute Gasteiger partial charge is 0.325 e. The summed E-state index contributed by atoms with van der Waals surface area (Å²) in [6.45, 7) is 0. The molecular weight excluding hydrogens is 306 g/mol. The lowest BCUT2D eigenvalue weighted by Gasteiger charge is -2.05. The highest BCUT2D eigenvalue weighted by atomic mass is 32.1. The highest BCUT2D eigenvalue weighted by Gasteiger charge is 2.04. The molecule has 0 aliphatic carbocycles. The van der Waals surface area contributed by atoms with Crippen LogP contribution in [0.1, 0.15) is 18.4 Å². The molecule has 23 heavy (non-hydrogen) atoms. The van der Waals surface area contributed by atoms with Crippen molar-refractivity contribution in [1.82, 2.24) is 9.97 Å². The quantitative estimate of drug-likeness (QED) is 0.741. The summed E-state index contributed by atoms with van der Waals surface area (Å²) in [6, 6.07) is 12.0. The summed E-state index contributed by atoms with van der Waals surface area (Å²) in [5, 5.41) is 4.89. The van der Waals surface area contributed by atoms with Gasteiger partial charge in [-0.3, -0.25) is 9.78 Å². The number of amides is 1. The van der Waals surface area contributed by atoms with Gasteiger partial charge in [-0.2, -0.15) is 0 Å². The third-order valence-corrected chi connectivity index (χ3v) is 4.08. The van der Waals surface area contributed by atoms with Gasteiger partial charge >= 0.3 is 0 Å². The molecule has 5 heteroatoms. The predicted molar refractivity (Wildman–Crippen MR) is 93.4 cm³/mol. The molecule has 0 aliphatic heterocycles. The Bertz CT molecular complexity index is 740. The topological polar surface area (TPSA) is 54.9 Å². The van der Waals surface area contributed by atoms with Crippen molar-refractivity contribution in [2.75, 3.05) is 5.32 Å². The molecule has 116 valence electrons. The van der Waals surface area contributed by atoms with E-state index < -0.39 is 0 Å². The molecule has 0 saturated carbocycles. The number of pyridine rings is 1. The van der Waals surface area contributed by atoms with Gasteiger partial charge < -0.3 is 5.32 Å². The Morgan fingerprint density at radius 2 is 2.04 bits per heavy atom. The summed E-state index contributed by atoms with van der Waals surface area (Å²) in [4.78, 5) is 20.1. The summed E-state index contributed by atoms with van der Waals surface area (Å²) in [5.41, 5.74) is 5.95. The van der Waals surface area contributed by atoms with Gasteiger partial charge in [-0.05, 0) is 30.5 Å². The van der Waals surface area contributed by atoms with Crippen molar-refractivity contribution in [3.05, 3.63) is 65.2 Å². The summed E-state index contributed by atoms with van der Waals surface area (Å²) in [7, 11) is 0. The second-order valence-electron chi connectivity index (χ2n) is 5.21. The number of hydrogen-bond acceptors (Lipinski definition) is 4. The lowest BCUT2D eigenvalue weighted by atomic mass is 10.0. The van der Waals surface area contributed by atoms with E-state index in [1.54, 1.807) is 29.8 Å². The van der Waals surface area contributed by atoms with Gasteiger partial charge in [0.2, 0.25) is 5.91 Å². The predicted octanol–water partition coefficient (Wildman–Crippen LogP) is 4.17. The molecular formula is C18H17N3OS. The number of nitrogens with one attached hydrogen (secondary N) is 1. The molecule has 1 amide bonds. The number of aryl methyl sites for hydroxylation is 1. The Morgan fingerprint density at radius 3 is 2.74 bits per heavy atom. The highest BCUT2D eigenvalue weighted by Crippen LogP contribution is 2.20. The Morgan fingerprint density at radius 1 is 1.17 bits per heavy atom. The van der Waals surface area contributed by atoms with Crippen molar-refractivity contribution in [1.29, 1.82) is 0 Å². The lowest BCUT2D eigenvalue weighted by molar-refractivity contribution is -0.116. The van der Waals surface area contributed by atoms with Crippen LogP contribution in [0.15, 0.2) is 59.7 Å². The van der Waals surface area contributed by atoms with Gasteiger partial charge in [0.1, 0.15) is 0 Å². The zero-order valence-electron chi connectivity index (χ0n) is 12.6. The van der Waals surface area contributed by atoms with Gasteiger partial charge in [-0.25, -0.2) is 4.98 Å². The van der Waals surface area contributed by atoms with E-state index in [1.165, 1.54) is 5.56 Å². The average molecular weight is 323 g/mol. The fourth-order valence-corrected chi connectivity index (χ4v) is 2.87. The first-order valence-electron chi connectivity index (χ1n) is 7.48. The molecule has 3 aromatic rings. The third-order valence-electron chi connectivity index (χ3n) is 3.50. The molecule has 4 nitrogen and oxygen atoms in total. The molecule has 0 spiro atoms. The number of rotatable bonds is 6. The van der Waals surface area contributed by atoms with E-state index in [4.69, 9.17) is 0 Å². The molecule has 0 unspecified atom stereocenters. The molecule has 0 radical (unpaired) electrons. The fourth-order valence-electron chi connectivity index (χ4n) is 2.31. The monoisotopic (exact) mass is 323 g/mol. The maximum atomic E-state index is 11.9. The highest BCUT2D eigenvalue weighted by molar-refractivity contribution is 7.07. The molecule has 1 N–H and O–H groups in total. The van der Waals surface area contributed by atoms with Crippen molar-refractivity contribution in [3.8, 4) is 11.3 Å². The number of hydrogen-bond donors (Lipinski definition) is 1. The number of anilines is 1. The standard InChI is InChI=1S/C18H17N3OS/c22-18(21-16-4-2-10-19-11-16)5-1-3-14-6-8-15(9-7-14)17-12-23-13-20-17/h2,4,6-13H,1,3,5H2,(H,21,22). The van der Waals surface area contributed by atoms with Crippen LogP contribution in [-0.2, 0) is 11.2 Å². The first-order chi connectivity index (χ1) is 11.3. The number of nitrogens with zero attached hydrogens (tertiary/aromatic N) is 2. The van der Waals surface area contributed by atoms with Crippen molar-refractivity contribution in [2.24, 2.45) is 0 Å². The smallest absolute Gasteiger partial charge is 0.224 e. The Labute approximate surface area is 139 Å². The van der Waals surface area contributed by atoms with Gasteiger partial charge in [0.25, 0.3) is 0 Å². The molecule has 0 atom stereocenters. The third kappa shape index (κ3) is 4.47. The van der Waals surface area contributed by atoms with Crippen LogP contribution in [0.3, 0.4) is 0 Å². The van der Waals surface area contributed by atoms with E-state index >= 15 is 0 Å². The Kier molecular flexibility index (Phi) is 5.11. The number of carbonyl (C=O) groups excluding carboxylic acids is 1. The van der Waals surface area contributed by atoms with E-state index in [-0.39, 0.29) is 5.91 Å². The SMILES string of the molecule is O=C(CCCc1ccc(-c2cscn2)cc1)Nc1cccnc1. The van der Waals surface area contributed by atoms with Crippen LogP contribution in [-0.4, -0.2) is 15.9 Å². The first-order valence-corrected chi connectivity index (χ1v) is 8.43. The van der Waals surface area contributed by atoms with Crippen molar-refractivity contribution < 1.29 is 4.79 Å². The van der Waals surface area contributed by atoms with Crippen molar-refractivity contribution in [3.63, 3.8) is 0 Å². The summed E-state index contributed by atoms with van der Waals surface area (Å²) < 4.78 is 0. The molecule has 2 aromatic heterocycles. The molecule has 0 saturated heterocycles. The van der Waals surface area contributed by atoms with Crippen LogP contribution in [0.25, 0.3) is 11.3 Å². The summed E-state index contributed by atoms with van der Waals surface area (Å²) in [6.07, 6.45) is 5.54. The number of aromatic nitrogens is 2. The summed E-state index contributed by atoms with van der Waals surface area (Å²) in [5.74, 6) is 0.0251. The lowest BCUT2D eigenvalue weighted by Crippen LogP contribution is -2.11. The van der Waals surface area contributed by atoms with Gasteiger partial charge in [-0.1, -0.05) is 24.3 Å². The van der Waals surface area contributed by atoms with Crippen LogP contribution >= 0.6 is 11.3 Å². The maximum absolute atomic E-state index is 11.9. The molecule has 0 fully saturated rings. The minimum atomic E-state index is 0.0251. The van der Waals surface area contributed by atoms with Gasteiger partial charge in [0.05, 0.1) is 23.1 Å². The molecule has 2 heterocycles. The van der Waals surface area contributed by atoms with E-state index in [9.17, 15) is 4.79 Å². The summed E-state index contributed by atoms with van der Waals surface area (Å²) >= 11 is 1.60. The van der Waals surface area contributed by atoms with E-state index in [1.807, 2.05) is 17.0 Å². The Balaban J connectivity index is 1.46. The normalized spacial score (nSPS) is 10.4. The van der Waals surface area contributed by atoms with E-state index in [0.717, 1.165) is 29.8 Å². The van der Waals surface area contributed by atoms with Crippen LogP contribution in [0.4, 0.5) is 5.69 Å². The molecule has 0 bridgehead atoms. The maximum Gasteiger partial charge on any atom is 0.224 e.